The number of aromatic nitrogens is 6. The van der Waals surface area contributed by atoms with E-state index in [-0.39, 0.29) is 12.1 Å². The Balaban J connectivity index is 1.76. The number of nitrogens with zero attached hydrogens (tertiary/aromatic N) is 6. The van der Waals surface area contributed by atoms with Crippen molar-refractivity contribution in [3.8, 4) is 0 Å². The monoisotopic (exact) mass is 320 g/mol. The molecule has 0 aliphatic heterocycles. The normalized spacial score (nSPS) is 14.2. The Labute approximate surface area is 140 Å². The molecule has 2 aromatic carbocycles. The van der Waals surface area contributed by atoms with Crippen LogP contribution >= 0.6 is 0 Å². The van der Waals surface area contributed by atoms with Gasteiger partial charge in [-0.3, -0.25) is 0 Å². The standard InChI is InChI=1S/C18H20N6/c1-3-17(23-19-13-9-5-6-10-14(13)20-23)18(4-2)24-21-15-11-7-8-12-16(15)22-24/h5-12,17-18H,3-4H2,1-2H3/t17-,18-/m0/s1. The maximum atomic E-state index is 4.67. The van der Waals surface area contributed by atoms with Crippen LogP contribution in [0.25, 0.3) is 22.1 Å². The van der Waals surface area contributed by atoms with E-state index >= 15 is 0 Å². The number of hydrogen-bond donors (Lipinski definition) is 0. The molecule has 122 valence electrons. The van der Waals surface area contributed by atoms with Crippen molar-refractivity contribution < 1.29 is 0 Å². The summed E-state index contributed by atoms with van der Waals surface area (Å²) >= 11 is 0. The minimum atomic E-state index is 0.115. The van der Waals surface area contributed by atoms with Gasteiger partial charge in [0.05, 0.1) is 12.1 Å². The Hall–Kier alpha value is -2.76. The molecule has 0 saturated carbocycles. The third-order valence-corrected chi connectivity index (χ3v) is 4.48. The first-order chi connectivity index (χ1) is 11.8. The van der Waals surface area contributed by atoms with Crippen LogP contribution in [-0.2, 0) is 0 Å². The largest absolute Gasteiger partial charge is 0.178 e. The van der Waals surface area contributed by atoms with E-state index in [0.29, 0.717) is 0 Å². The molecule has 4 rings (SSSR count). The zero-order valence-corrected chi connectivity index (χ0v) is 13.9. The lowest BCUT2D eigenvalue weighted by molar-refractivity contribution is 0.232. The summed E-state index contributed by atoms with van der Waals surface area (Å²) in [4.78, 5) is 3.68. The van der Waals surface area contributed by atoms with Crippen molar-refractivity contribution >= 4 is 22.1 Å². The summed E-state index contributed by atoms with van der Waals surface area (Å²) in [5, 5.41) is 18.7. The molecule has 24 heavy (non-hydrogen) atoms. The highest BCUT2D eigenvalue weighted by molar-refractivity contribution is 5.73. The number of rotatable bonds is 5. The van der Waals surface area contributed by atoms with Crippen LogP contribution in [0.1, 0.15) is 38.8 Å². The zero-order valence-electron chi connectivity index (χ0n) is 13.9. The Morgan fingerprint density at radius 2 is 0.917 bits per heavy atom. The molecular weight excluding hydrogens is 300 g/mol. The van der Waals surface area contributed by atoms with E-state index in [1.807, 2.05) is 58.1 Å². The van der Waals surface area contributed by atoms with Gasteiger partial charge < -0.3 is 0 Å². The van der Waals surface area contributed by atoms with Crippen LogP contribution < -0.4 is 0 Å². The number of fused-ring (bicyclic) bond motifs is 2. The van der Waals surface area contributed by atoms with Gasteiger partial charge >= 0.3 is 0 Å². The third-order valence-electron chi connectivity index (χ3n) is 4.48. The number of hydrogen-bond acceptors (Lipinski definition) is 4. The van der Waals surface area contributed by atoms with Gasteiger partial charge in [0.2, 0.25) is 0 Å². The zero-order chi connectivity index (χ0) is 16.5. The van der Waals surface area contributed by atoms with Gasteiger partial charge in [-0.05, 0) is 37.1 Å². The molecule has 0 spiro atoms. The summed E-state index contributed by atoms with van der Waals surface area (Å²) in [6.07, 6.45) is 1.83. The van der Waals surface area contributed by atoms with Crippen molar-refractivity contribution in [1.82, 2.24) is 30.0 Å². The molecule has 2 atom stereocenters. The minimum Gasteiger partial charge on any atom is -0.178 e. The van der Waals surface area contributed by atoms with E-state index in [1.165, 1.54) is 0 Å². The van der Waals surface area contributed by atoms with E-state index in [9.17, 15) is 0 Å². The van der Waals surface area contributed by atoms with Crippen molar-refractivity contribution in [2.24, 2.45) is 0 Å². The quantitative estimate of drug-likeness (QED) is 0.561. The van der Waals surface area contributed by atoms with E-state index in [4.69, 9.17) is 0 Å². The van der Waals surface area contributed by atoms with Crippen molar-refractivity contribution in [2.45, 2.75) is 38.8 Å². The van der Waals surface area contributed by atoms with E-state index < -0.39 is 0 Å². The Bertz CT molecular complexity index is 824. The smallest absolute Gasteiger partial charge is 0.113 e. The lowest BCUT2D eigenvalue weighted by Gasteiger charge is -2.23. The lowest BCUT2D eigenvalue weighted by Crippen LogP contribution is -2.25. The predicted molar refractivity (Wildman–Crippen MR) is 93.7 cm³/mol. The molecule has 0 bridgehead atoms. The summed E-state index contributed by atoms with van der Waals surface area (Å²) in [7, 11) is 0. The fourth-order valence-electron chi connectivity index (χ4n) is 3.23. The molecule has 0 aliphatic carbocycles. The van der Waals surface area contributed by atoms with Gasteiger partial charge in [-0.1, -0.05) is 38.1 Å². The van der Waals surface area contributed by atoms with Gasteiger partial charge in [-0.15, -0.1) is 0 Å². The summed E-state index contributed by atoms with van der Waals surface area (Å²) in [6, 6.07) is 16.2. The predicted octanol–water partition coefficient (Wildman–Crippen LogP) is 3.78. The molecule has 0 amide bonds. The molecule has 0 N–H and O–H groups in total. The molecule has 6 nitrogen and oxygen atoms in total. The molecule has 2 heterocycles. The maximum absolute atomic E-state index is 4.67. The second kappa shape index (κ2) is 6.03. The summed E-state index contributed by atoms with van der Waals surface area (Å²) in [5.41, 5.74) is 3.68. The van der Waals surface area contributed by atoms with Crippen LogP contribution in [0.4, 0.5) is 0 Å². The molecule has 0 unspecified atom stereocenters. The highest BCUT2D eigenvalue weighted by Crippen LogP contribution is 2.29. The van der Waals surface area contributed by atoms with Crippen LogP contribution in [0.2, 0.25) is 0 Å². The van der Waals surface area contributed by atoms with Gasteiger partial charge in [0.1, 0.15) is 22.1 Å². The van der Waals surface area contributed by atoms with Crippen molar-refractivity contribution in [2.75, 3.05) is 0 Å². The molecule has 4 aromatic rings. The SMILES string of the molecule is CC[C@@H]([C@H](CC)n1nc2ccccc2n1)n1nc2ccccc2n1. The summed E-state index contributed by atoms with van der Waals surface area (Å²) in [5.74, 6) is 0. The molecular formula is C18H20N6. The van der Waals surface area contributed by atoms with Crippen LogP contribution in [0.5, 0.6) is 0 Å². The third kappa shape index (κ3) is 2.44. The fourth-order valence-corrected chi connectivity index (χ4v) is 3.23. The highest BCUT2D eigenvalue weighted by Gasteiger charge is 2.26. The fraction of sp³-hybridized carbons (Fsp3) is 0.333. The molecule has 2 aromatic heterocycles. The molecule has 0 aliphatic rings. The Morgan fingerprint density at radius 1 is 0.625 bits per heavy atom. The first kappa shape index (κ1) is 14.8. The molecule has 0 saturated heterocycles. The Morgan fingerprint density at radius 3 is 1.17 bits per heavy atom. The highest BCUT2D eigenvalue weighted by atomic mass is 15.5. The van der Waals surface area contributed by atoms with Crippen LogP contribution in [0.15, 0.2) is 48.5 Å². The number of benzene rings is 2. The topological polar surface area (TPSA) is 61.4 Å². The summed E-state index contributed by atoms with van der Waals surface area (Å²) < 4.78 is 0. The van der Waals surface area contributed by atoms with Gasteiger partial charge in [0.25, 0.3) is 0 Å². The van der Waals surface area contributed by atoms with Crippen molar-refractivity contribution in [3.63, 3.8) is 0 Å². The van der Waals surface area contributed by atoms with Crippen molar-refractivity contribution in [1.29, 1.82) is 0 Å². The first-order valence-corrected chi connectivity index (χ1v) is 8.43. The van der Waals surface area contributed by atoms with Crippen LogP contribution in [-0.4, -0.2) is 30.0 Å². The summed E-state index contributed by atoms with van der Waals surface area (Å²) in [6.45, 7) is 4.31. The van der Waals surface area contributed by atoms with E-state index in [2.05, 4.69) is 34.2 Å². The second-order valence-corrected chi connectivity index (χ2v) is 5.97. The Kier molecular flexibility index (Phi) is 3.72. The minimum absolute atomic E-state index is 0.115. The second-order valence-electron chi connectivity index (χ2n) is 5.97. The average molecular weight is 320 g/mol. The van der Waals surface area contributed by atoms with Gasteiger partial charge in [0.15, 0.2) is 0 Å². The van der Waals surface area contributed by atoms with Crippen LogP contribution in [0, 0.1) is 0 Å². The maximum Gasteiger partial charge on any atom is 0.113 e. The van der Waals surface area contributed by atoms with Gasteiger partial charge in [-0.2, -0.15) is 30.0 Å². The van der Waals surface area contributed by atoms with E-state index in [0.717, 1.165) is 34.9 Å². The van der Waals surface area contributed by atoms with Gasteiger partial charge in [0, 0.05) is 0 Å². The van der Waals surface area contributed by atoms with Crippen molar-refractivity contribution in [3.05, 3.63) is 48.5 Å². The average Bonchev–Trinajstić information content (AvgIpc) is 3.22. The lowest BCUT2D eigenvalue weighted by atomic mass is 10.0. The van der Waals surface area contributed by atoms with E-state index in [1.54, 1.807) is 0 Å². The van der Waals surface area contributed by atoms with Gasteiger partial charge in [-0.25, -0.2) is 0 Å². The molecule has 6 heteroatoms. The first-order valence-electron chi connectivity index (χ1n) is 8.43. The molecule has 0 fully saturated rings. The van der Waals surface area contributed by atoms with Crippen LogP contribution in [0.3, 0.4) is 0 Å². The molecule has 0 radical (unpaired) electrons.